The van der Waals surface area contributed by atoms with Crippen molar-refractivity contribution in [3.8, 4) is 17.1 Å². The number of carbonyl (C=O) groups is 1. The highest BCUT2D eigenvalue weighted by atomic mass is 79.9. The van der Waals surface area contributed by atoms with Crippen molar-refractivity contribution >= 4 is 39.8 Å². The molecule has 0 aliphatic heterocycles. The van der Waals surface area contributed by atoms with Crippen LogP contribution in [-0.4, -0.2) is 32.6 Å². The van der Waals surface area contributed by atoms with Gasteiger partial charge in [-0.15, -0.1) is 10.2 Å². The number of para-hydroxylation sites is 1. The highest BCUT2D eigenvalue weighted by Gasteiger charge is 2.17. The average Bonchev–Trinajstić information content (AvgIpc) is 3.39. The molecule has 4 aromatic rings. The molecule has 7 nitrogen and oxygen atoms in total. The van der Waals surface area contributed by atoms with Crippen LogP contribution in [0.15, 0.2) is 85.9 Å². The third-order valence-corrected chi connectivity index (χ3v) is 5.63. The highest BCUT2D eigenvalue weighted by Crippen LogP contribution is 2.29. The minimum atomic E-state index is -0.254. The van der Waals surface area contributed by atoms with E-state index in [0.717, 1.165) is 21.5 Å². The Morgan fingerprint density at radius 1 is 1.16 bits per heavy atom. The molecule has 0 spiro atoms. The number of aryl methyl sites for hydroxylation is 1. The molecule has 0 unspecified atom stereocenters. The van der Waals surface area contributed by atoms with E-state index in [-0.39, 0.29) is 11.7 Å². The smallest absolute Gasteiger partial charge is 0.250 e. The van der Waals surface area contributed by atoms with Gasteiger partial charge in [-0.25, -0.2) is 5.43 Å². The van der Waals surface area contributed by atoms with Crippen LogP contribution < -0.4 is 5.43 Å². The predicted molar refractivity (Wildman–Crippen MR) is 124 cm³/mol. The fourth-order valence-electron chi connectivity index (χ4n) is 2.84. The van der Waals surface area contributed by atoms with E-state index in [0.29, 0.717) is 16.7 Å². The van der Waals surface area contributed by atoms with E-state index in [1.807, 2.05) is 72.2 Å². The number of thioether (sulfide) groups is 1. The Balaban J connectivity index is 1.51. The maximum Gasteiger partial charge on any atom is 0.250 e. The lowest BCUT2D eigenvalue weighted by Gasteiger charge is -2.10. The molecule has 0 aliphatic carbocycles. The fourth-order valence-corrected chi connectivity index (χ4v) is 3.98. The molecule has 1 N–H and O–H groups in total. The van der Waals surface area contributed by atoms with Gasteiger partial charge in [0.25, 0.3) is 5.91 Å². The van der Waals surface area contributed by atoms with Gasteiger partial charge in [-0.2, -0.15) is 5.10 Å². The molecule has 0 saturated carbocycles. The van der Waals surface area contributed by atoms with Crippen molar-refractivity contribution in [2.75, 3.05) is 5.75 Å². The summed E-state index contributed by atoms with van der Waals surface area (Å²) < 4.78 is 8.27. The maximum absolute atomic E-state index is 12.2. The zero-order chi connectivity index (χ0) is 21.6. The zero-order valence-electron chi connectivity index (χ0n) is 16.5. The van der Waals surface area contributed by atoms with Crippen molar-refractivity contribution in [1.29, 1.82) is 0 Å². The minimum absolute atomic E-state index is 0.137. The van der Waals surface area contributed by atoms with Gasteiger partial charge in [0, 0.05) is 15.7 Å². The van der Waals surface area contributed by atoms with Crippen LogP contribution in [0.25, 0.3) is 17.1 Å². The second-order valence-electron chi connectivity index (χ2n) is 6.52. The van der Waals surface area contributed by atoms with E-state index in [4.69, 9.17) is 4.42 Å². The lowest BCUT2D eigenvalue weighted by Crippen LogP contribution is -2.19. The molecular weight excluding hydrogens is 478 g/mol. The Kier molecular flexibility index (Phi) is 6.63. The molecule has 1 amide bonds. The van der Waals surface area contributed by atoms with Gasteiger partial charge in [0.05, 0.1) is 12.0 Å². The number of rotatable bonds is 7. The number of carbonyl (C=O) groups excluding carboxylic acids is 1. The topological polar surface area (TPSA) is 85.3 Å². The van der Waals surface area contributed by atoms with Gasteiger partial charge in [0.1, 0.15) is 11.5 Å². The summed E-state index contributed by atoms with van der Waals surface area (Å²) in [6.45, 7) is 1.85. The Morgan fingerprint density at radius 2 is 2.00 bits per heavy atom. The second kappa shape index (κ2) is 9.76. The molecule has 0 aliphatic rings. The van der Waals surface area contributed by atoms with Crippen molar-refractivity contribution in [2.24, 2.45) is 5.10 Å². The number of hydrogen-bond acceptors (Lipinski definition) is 6. The molecule has 0 bridgehead atoms. The molecular formula is C22H18BrN5O2S. The first-order valence-electron chi connectivity index (χ1n) is 9.38. The first kappa shape index (κ1) is 21.1. The summed E-state index contributed by atoms with van der Waals surface area (Å²) in [5, 5.41) is 13.3. The number of hydrazone groups is 1. The normalized spacial score (nSPS) is 11.2. The molecule has 4 rings (SSSR count). The largest absolute Gasteiger partial charge is 0.460 e. The van der Waals surface area contributed by atoms with Gasteiger partial charge in [-0.05, 0) is 43.3 Å². The average molecular weight is 496 g/mol. The molecule has 2 aromatic heterocycles. The molecule has 0 radical (unpaired) electrons. The number of furan rings is 1. The van der Waals surface area contributed by atoms with Gasteiger partial charge >= 0.3 is 0 Å². The molecule has 156 valence electrons. The van der Waals surface area contributed by atoms with Crippen LogP contribution in [0, 0.1) is 6.92 Å². The number of benzene rings is 2. The third-order valence-electron chi connectivity index (χ3n) is 4.21. The number of halogens is 1. The summed E-state index contributed by atoms with van der Waals surface area (Å²) in [4.78, 5) is 12.2. The summed E-state index contributed by atoms with van der Waals surface area (Å²) in [5.41, 5.74) is 4.33. The van der Waals surface area contributed by atoms with Gasteiger partial charge in [0.2, 0.25) is 0 Å². The SMILES string of the molecule is Cc1ccc(/C=N/NC(=O)CSc2nnc(-c3cccc(Br)c3)n2-c2ccccc2)o1. The second-order valence-corrected chi connectivity index (χ2v) is 8.38. The Labute approximate surface area is 191 Å². The van der Waals surface area contributed by atoms with E-state index in [1.165, 1.54) is 18.0 Å². The quantitative estimate of drug-likeness (QED) is 0.225. The summed E-state index contributed by atoms with van der Waals surface area (Å²) in [6.07, 6.45) is 1.47. The minimum Gasteiger partial charge on any atom is -0.460 e. The van der Waals surface area contributed by atoms with Crippen LogP contribution in [0.2, 0.25) is 0 Å². The monoisotopic (exact) mass is 495 g/mol. The number of aromatic nitrogens is 3. The van der Waals surface area contributed by atoms with Crippen molar-refractivity contribution in [2.45, 2.75) is 12.1 Å². The van der Waals surface area contributed by atoms with Gasteiger partial charge < -0.3 is 4.42 Å². The first-order valence-corrected chi connectivity index (χ1v) is 11.2. The molecule has 0 saturated heterocycles. The lowest BCUT2D eigenvalue weighted by molar-refractivity contribution is -0.118. The third kappa shape index (κ3) is 5.31. The molecule has 31 heavy (non-hydrogen) atoms. The summed E-state index contributed by atoms with van der Waals surface area (Å²) >= 11 is 4.79. The van der Waals surface area contributed by atoms with Gasteiger partial charge in [0.15, 0.2) is 11.0 Å². The number of hydrogen-bond donors (Lipinski definition) is 1. The van der Waals surface area contributed by atoms with Crippen LogP contribution in [0.3, 0.4) is 0 Å². The van der Waals surface area contributed by atoms with Gasteiger partial charge in [-0.3, -0.25) is 9.36 Å². The highest BCUT2D eigenvalue weighted by molar-refractivity contribution is 9.10. The molecule has 2 heterocycles. The van der Waals surface area contributed by atoms with Crippen molar-refractivity contribution in [1.82, 2.24) is 20.2 Å². The number of amides is 1. The molecule has 0 atom stereocenters. The van der Waals surface area contributed by atoms with E-state index >= 15 is 0 Å². The van der Waals surface area contributed by atoms with Crippen molar-refractivity contribution in [3.05, 3.63) is 82.7 Å². The van der Waals surface area contributed by atoms with Crippen molar-refractivity contribution < 1.29 is 9.21 Å². The van der Waals surface area contributed by atoms with Crippen LogP contribution in [0.5, 0.6) is 0 Å². The van der Waals surface area contributed by atoms with Crippen LogP contribution in [-0.2, 0) is 4.79 Å². The Morgan fingerprint density at radius 3 is 2.74 bits per heavy atom. The van der Waals surface area contributed by atoms with Crippen molar-refractivity contribution in [3.63, 3.8) is 0 Å². The van der Waals surface area contributed by atoms with Crippen LogP contribution in [0.4, 0.5) is 0 Å². The Hall–Kier alpha value is -3.17. The molecule has 0 fully saturated rings. The summed E-state index contributed by atoms with van der Waals surface area (Å²) in [7, 11) is 0. The fraction of sp³-hybridized carbons (Fsp3) is 0.0909. The van der Waals surface area contributed by atoms with Gasteiger partial charge in [-0.1, -0.05) is 58.0 Å². The first-order chi connectivity index (χ1) is 15.1. The lowest BCUT2D eigenvalue weighted by atomic mass is 10.2. The summed E-state index contributed by atoms with van der Waals surface area (Å²) in [5.74, 6) is 1.94. The standard InChI is InChI=1S/C22H18BrN5O2S/c1-15-10-11-19(30-15)13-24-25-20(29)14-31-22-27-26-21(16-6-5-7-17(23)12-16)28(22)18-8-3-2-4-9-18/h2-13H,14H2,1H3,(H,25,29)/b24-13+. The van der Waals surface area contributed by atoms with E-state index in [2.05, 4.69) is 36.7 Å². The number of nitrogens with one attached hydrogen (secondary N) is 1. The predicted octanol–water partition coefficient (Wildman–Crippen LogP) is 4.84. The number of nitrogens with zero attached hydrogens (tertiary/aromatic N) is 4. The summed E-state index contributed by atoms with van der Waals surface area (Å²) in [6, 6.07) is 21.3. The molecule has 9 heteroatoms. The van der Waals surface area contributed by atoms with E-state index < -0.39 is 0 Å². The van der Waals surface area contributed by atoms with Crippen LogP contribution in [0.1, 0.15) is 11.5 Å². The molecule has 2 aromatic carbocycles. The zero-order valence-corrected chi connectivity index (χ0v) is 18.9. The Bertz CT molecular complexity index is 1220. The van der Waals surface area contributed by atoms with Crippen LogP contribution >= 0.6 is 27.7 Å². The van der Waals surface area contributed by atoms with E-state index in [9.17, 15) is 4.79 Å². The maximum atomic E-state index is 12.2. The van der Waals surface area contributed by atoms with E-state index in [1.54, 1.807) is 6.07 Å².